The Hall–Kier alpha value is -0.380. The number of ether oxygens (including phenoxy) is 1. The Kier molecular flexibility index (Phi) is 3.05. The fourth-order valence-electron chi connectivity index (χ4n) is 1.33. The molecule has 3 atom stereocenters. The van der Waals surface area contributed by atoms with Crippen LogP contribution in [-0.2, 0) is 4.74 Å². The van der Waals surface area contributed by atoms with Gasteiger partial charge in [0.05, 0.1) is 19.3 Å². The van der Waals surface area contributed by atoms with Crippen LogP contribution in [0, 0.1) is 5.92 Å². The van der Waals surface area contributed by atoms with Gasteiger partial charge in [0.25, 0.3) is 0 Å². The normalized spacial score (nSPS) is 37.5. The number of hydrogen-bond donors (Lipinski definition) is 2. The van der Waals surface area contributed by atoms with E-state index in [0.717, 1.165) is 6.42 Å². The van der Waals surface area contributed by atoms with Gasteiger partial charge in [-0.3, -0.25) is 0 Å². The van der Waals surface area contributed by atoms with Gasteiger partial charge >= 0.3 is 0 Å². The Bertz CT molecular complexity index is 135. The molecule has 0 aromatic carbocycles. The third kappa shape index (κ3) is 1.80. The number of aliphatic hydroxyl groups excluding tert-OH is 2. The van der Waals surface area contributed by atoms with E-state index in [-0.39, 0.29) is 18.6 Å². The lowest BCUT2D eigenvalue weighted by Crippen LogP contribution is -2.28. The highest BCUT2D eigenvalue weighted by molar-refractivity contribution is 4.87. The first kappa shape index (κ1) is 8.71. The van der Waals surface area contributed by atoms with Gasteiger partial charge in [0, 0.05) is 5.92 Å². The van der Waals surface area contributed by atoms with Crippen LogP contribution in [0.2, 0.25) is 0 Å². The first-order chi connectivity index (χ1) is 5.29. The number of rotatable bonds is 3. The summed E-state index contributed by atoms with van der Waals surface area (Å²) in [6.45, 7) is 4.00. The molecule has 1 rings (SSSR count). The summed E-state index contributed by atoms with van der Waals surface area (Å²) < 4.78 is 5.13. The Morgan fingerprint density at radius 2 is 2.36 bits per heavy atom. The quantitative estimate of drug-likeness (QED) is 0.565. The van der Waals surface area contributed by atoms with Crippen molar-refractivity contribution in [2.24, 2.45) is 5.92 Å². The first-order valence-corrected chi connectivity index (χ1v) is 3.81. The predicted molar refractivity (Wildman–Crippen MR) is 41.1 cm³/mol. The highest BCUT2D eigenvalue weighted by Gasteiger charge is 2.34. The van der Waals surface area contributed by atoms with Gasteiger partial charge in [-0.1, -0.05) is 6.08 Å². The third-order valence-corrected chi connectivity index (χ3v) is 2.04. The topological polar surface area (TPSA) is 49.7 Å². The lowest BCUT2D eigenvalue weighted by Gasteiger charge is -2.13. The zero-order valence-corrected chi connectivity index (χ0v) is 6.44. The minimum Gasteiger partial charge on any atom is -0.394 e. The van der Waals surface area contributed by atoms with Crippen LogP contribution in [0.15, 0.2) is 12.7 Å². The van der Waals surface area contributed by atoms with Crippen LogP contribution in [0.3, 0.4) is 0 Å². The highest BCUT2D eigenvalue weighted by Crippen LogP contribution is 2.22. The van der Waals surface area contributed by atoms with E-state index in [1.807, 2.05) is 0 Å². The number of aliphatic hydroxyl groups is 2. The summed E-state index contributed by atoms with van der Waals surface area (Å²) >= 11 is 0. The Morgan fingerprint density at radius 1 is 1.64 bits per heavy atom. The van der Waals surface area contributed by atoms with E-state index in [1.165, 1.54) is 0 Å². The second-order valence-corrected chi connectivity index (χ2v) is 2.83. The Labute approximate surface area is 66.3 Å². The molecule has 3 heteroatoms. The molecule has 0 aromatic heterocycles. The molecule has 1 unspecified atom stereocenters. The zero-order chi connectivity index (χ0) is 8.27. The average Bonchev–Trinajstić information content (AvgIpc) is 2.34. The summed E-state index contributed by atoms with van der Waals surface area (Å²) in [5.74, 6) is 0.115. The number of allylic oxidation sites excluding steroid dienone is 1. The molecular weight excluding hydrogens is 144 g/mol. The van der Waals surface area contributed by atoms with Crippen molar-refractivity contribution in [1.82, 2.24) is 0 Å². The molecule has 0 spiro atoms. The fourth-order valence-corrected chi connectivity index (χ4v) is 1.33. The second kappa shape index (κ2) is 3.85. The van der Waals surface area contributed by atoms with Gasteiger partial charge in [0.2, 0.25) is 0 Å². The molecular formula is C8H14O3. The molecule has 1 fully saturated rings. The van der Waals surface area contributed by atoms with Gasteiger partial charge < -0.3 is 14.9 Å². The molecule has 1 heterocycles. The van der Waals surface area contributed by atoms with Crippen molar-refractivity contribution in [3.05, 3.63) is 12.7 Å². The van der Waals surface area contributed by atoms with Crippen LogP contribution in [0.1, 0.15) is 6.42 Å². The van der Waals surface area contributed by atoms with Gasteiger partial charge in [-0.05, 0) is 6.42 Å². The molecule has 1 aliphatic heterocycles. The van der Waals surface area contributed by atoms with Crippen molar-refractivity contribution in [2.75, 3.05) is 13.2 Å². The van der Waals surface area contributed by atoms with E-state index >= 15 is 0 Å². The van der Waals surface area contributed by atoms with Crippen molar-refractivity contribution in [2.45, 2.75) is 18.6 Å². The van der Waals surface area contributed by atoms with Crippen LogP contribution in [-0.4, -0.2) is 35.6 Å². The van der Waals surface area contributed by atoms with Crippen molar-refractivity contribution >= 4 is 0 Å². The zero-order valence-electron chi connectivity index (χ0n) is 6.44. The number of hydrogen-bond acceptors (Lipinski definition) is 3. The SMILES string of the molecule is C=CCC1CO[C@H](CO)[C@H]1O. The molecule has 0 saturated carbocycles. The van der Waals surface area contributed by atoms with Crippen molar-refractivity contribution < 1.29 is 14.9 Å². The van der Waals surface area contributed by atoms with Crippen molar-refractivity contribution in [3.8, 4) is 0 Å². The molecule has 11 heavy (non-hydrogen) atoms. The Morgan fingerprint density at radius 3 is 2.82 bits per heavy atom. The van der Waals surface area contributed by atoms with Gasteiger partial charge in [-0.25, -0.2) is 0 Å². The molecule has 0 aliphatic carbocycles. The fraction of sp³-hybridized carbons (Fsp3) is 0.750. The summed E-state index contributed by atoms with van der Waals surface area (Å²) in [6.07, 6.45) is 1.59. The van der Waals surface area contributed by atoms with E-state index in [4.69, 9.17) is 9.84 Å². The molecule has 0 amide bonds. The maximum atomic E-state index is 9.45. The van der Waals surface area contributed by atoms with Crippen LogP contribution in [0.25, 0.3) is 0 Å². The molecule has 0 radical (unpaired) electrons. The minimum atomic E-state index is -0.530. The molecule has 64 valence electrons. The summed E-state index contributed by atoms with van der Waals surface area (Å²) in [5.41, 5.74) is 0. The smallest absolute Gasteiger partial charge is 0.107 e. The van der Waals surface area contributed by atoms with Gasteiger partial charge in [0.15, 0.2) is 0 Å². The molecule has 0 bridgehead atoms. The van der Waals surface area contributed by atoms with Crippen LogP contribution in [0.4, 0.5) is 0 Å². The summed E-state index contributed by atoms with van der Waals surface area (Å²) in [5, 5.41) is 18.2. The van der Waals surface area contributed by atoms with Crippen LogP contribution < -0.4 is 0 Å². The van der Waals surface area contributed by atoms with Gasteiger partial charge in [0.1, 0.15) is 6.10 Å². The second-order valence-electron chi connectivity index (χ2n) is 2.83. The molecule has 2 N–H and O–H groups in total. The summed E-state index contributed by atoms with van der Waals surface area (Å²) in [7, 11) is 0. The van der Waals surface area contributed by atoms with Crippen LogP contribution in [0.5, 0.6) is 0 Å². The van der Waals surface area contributed by atoms with Crippen molar-refractivity contribution in [3.63, 3.8) is 0 Å². The molecule has 1 saturated heterocycles. The molecule has 3 nitrogen and oxygen atoms in total. The maximum absolute atomic E-state index is 9.45. The lowest BCUT2D eigenvalue weighted by atomic mass is 9.99. The summed E-state index contributed by atoms with van der Waals surface area (Å²) in [6, 6.07) is 0. The third-order valence-electron chi connectivity index (χ3n) is 2.04. The first-order valence-electron chi connectivity index (χ1n) is 3.81. The van der Waals surface area contributed by atoms with Gasteiger partial charge in [-0.2, -0.15) is 0 Å². The molecule has 0 aromatic rings. The van der Waals surface area contributed by atoms with E-state index in [9.17, 15) is 5.11 Å². The minimum absolute atomic E-state index is 0.102. The van der Waals surface area contributed by atoms with Crippen LogP contribution >= 0.6 is 0 Å². The Balaban J connectivity index is 2.41. The van der Waals surface area contributed by atoms with Crippen molar-refractivity contribution in [1.29, 1.82) is 0 Å². The van der Waals surface area contributed by atoms with E-state index in [0.29, 0.717) is 6.61 Å². The standard InChI is InChI=1S/C8H14O3/c1-2-3-6-5-11-7(4-9)8(6)10/h2,6-10H,1,3-5H2/t6?,7-,8+/m1/s1. The summed E-state index contributed by atoms with van der Waals surface area (Å²) in [4.78, 5) is 0. The van der Waals surface area contributed by atoms with E-state index in [2.05, 4.69) is 6.58 Å². The maximum Gasteiger partial charge on any atom is 0.107 e. The van der Waals surface area contributed by atoms with Gasteiger partial charge in [-0.15, -0.1) is 6.58 Å². The molecule has 1 aliphatic rings. The van der Waals surface area contributed by atoms with E-state index < -0.39 is 6.10 Å². The average molecular weight is 158 g/mol. The highest BCUT2D eigenvalue weighted by atomic mass is 16.5. The lowest BCUT2D eigenvalue weighted by molar-refractivity contribution is 0.00171. The van der Waals surface area contributed by atoms with E-state index in [1.54, 1.807) is 6.08 Å². The largest absolute Gasteiger partial charge is 0.394 e. The monoisotopic (exact) mass is 158 g/mol. The predicted octanol–water partition coefficient (Wildman–Crippen LogP) is -0.0693.